The Morgan fingerprint density at radius 2 is 2.05 bits per heavy atom. The Labute approximate surface area is 136 Å². The Morgan fingerprint density at radius 3 is 2.64 bits per heavy atom. The lowest BCUT2D eigenvalue weighted by atomic mass is 9.79. The van der Waals surface area contributed by atoms with Crippen LogP contribution in [-0.2, 0) is 16.7 Å². The molecule has 0 fully saturated rings. The monoisotopic (exact) mass is 305 g/mol. The Kier molecular flexibility index (Phi) is 8.08. The summed E-state index contributed by atoms with van der Waals surface area (Å²) in [7, 11) is 0. The molecule has 0 amide bonds. The molecule has 22 heavy (non-hydrogen) atoms. The average Bonchev–Trinajstić information content (AvgIpc) is 2.57. The second-order valence-corrected chi connectivity index (χ2v) is 5.91. The summed E-state index contributed by atoms with van der Waals surface area (Å²) in [5.74, 6) is 0. The van der Waals surface area contributed by atoms with Crippen LogP contribution in [0.25, 0.3) is 0 Å². The van der Waals surface area contributed by atoms with E-state index in [4.69, 9.17) is 4.74 Å². The fraction of sp³-hybridized carbons (Fsp3) is 0.667. The fourth-order valence-electron chi connectivity index (χ4n) is 2.38. The third kappa shape index (κ3) is 5.08. The standard InChI is InChI=1S/C18H29N3O.H2/c1-5-9-22-10-8-20-13-15-11-16(12-19)17(21-14-15)18(4,6-2)7-3;/h11,14,20H,5-10,13H2,1-4H3;1H. The number of nitrogens with zero attached hydrogens (tertiary/aromatic N) is 2. The molecule has 0 aliphatic carbocycles. The van der Waals surface area contributed by atoms with Gasteiger partial charge in [-0.15, -0.1) is 0 Å². The van der Waals surface area contributed by atoms with Crippen LogP contribution in [0.4, 0.5) is 0 Å². The van der Waals surface area contributed by atoms with Crippen molar-refractivity contribution in [2.75, 3.05) is 19.8 Å². The van der Waals surface area contributed by atoms with E-state index in [9.17, 15) is 5.26 Å². The summed E-state index contributed by atoms with van der Waals surface area (Å²) in [6.45, 7) is 11.6. The Balaban J connectivity index is 0.00000484. The number of ether oxygens (including phenoxy) is 1. The molecule has 0 spiro atoms. The highest BCUT2D eigenvalue weighted by Gasteiger charge is 2.27. The molecule has 4 nitrogen and oxygen atoms in total. The van der Waals surface area contributed by atoms with Gasteiger partial charge >= 0.3 is 0 Å². The van der Waals surface area contributed by atoms with Crippen molar-refractivity contribution in [2.45, 2.75) is 58.9 Å². The summed E-state index contributed by atoms with van der Waals surface area (Å²) in [5.41, 5.74) is 2.65. The van der Waals surface area contributed by atoms with Crippen molar-refractivity contribution in [2.24, 2.45) is 0 Å². The third-order valence-corrected chi connectivity index (χ3v) is 4.30. The van der Waals surface area contributed by atoms with Gasteiger partial charge in [0.1, 0.15) is 6.07 Å². The molecule has 0 saturated carbocycles. The van der Waals surface area contributed by atoms with Crippen molar-refractivity contribution >= 4 is 0 Å². The maximum Gasteiger partial charge on any atom is 0.101 e. The van der Waals surface area contributed by atoms with Gasteiger partial charge in [0.2, 0.25) is 0 Å². The molecule has 1 N–H and O–H groups in total. The lowest BCUT2D eigenvalue weighted by Gasteiger charge is -2.27. The van der Waals surface area contributed by atoms with Gasteiger partial charge in [0.05, 0.1) is 17.9 Å². The highest BCUT2D eigenvalue weighted by molar-refractivity contribution is 5.39. The predicted octanol–water partition coefficient (Wildman–Crippen LogP) is 3.79. The molecule has 1 heterocycles. The molecule has 1 aromatic rings. The van der Waals surface area contributed by atoms with E-state index in [2.05, 4.69) is 44.1 Å². The molecule has 124 valence electrons. The molecule has 1 aromatic heterocycles. The van der Waals surface area contributed by atoms with Gasteiger partial charge < -0.3 is 10.1 Å². The minimum atomic E-state index is -0.0228. The van der Waals surface area contributed by atoms with Crippen LogP contribution >= 0.6 is 0 Å². The van der Waals surface area contributed by atoms with Crippen molar-refractivity contribution in [3.05, 3.63) is 29.1 Å². The van der Waals surface area contributed by atoms with Gasteiger partial charge in [-0.3, -0.25) is 4.98 Å². The van der Waals surface area contributed by atoms with Crippen LogP contribution < -0.4 is 5.32 Å². The van der Waals surface area contributed by atoms with Crippen molar-refractivity contribution < 1.29 is 6.16 Å². The molecule has 0 aliphatic heterocycles. The van der Waals surface area contributed by atoms with Gasteiger partial charge in [0.25, 0.3) is 0 Å². The van der Waals surface area contributed by atoms with Crippen molar-refractivity contribution in [1.29, 1.82) is 5.26 Å². The largest absolute Gasteiger partial charge is 0.380 e. The van der Waals surface area contributed by atoms with Crippen molar-refractivity contribution in [3.8, 4) is 6.07 Å². The van der Waals surface area contributed by atoms with Crippen molar-refractivity contribution in [1.82, 2.24) is 10.3 Å². The number of hydrogen-bond donors (Lipinski definition) is 1. The second kappa shape index (κ2) is 9.55. The van der Waals surface area contributed by atoms with Crippen molar-refractivity contribution in [3.63, 3.8) is 0 Å². The first kappa shape index (κ1) is 18.6. The van der Waals surface area contributed by atoms with Gasteiger partial charge in [0.15, 0.2) is 0 Å². The van der Waals surface area contributed by atoms with E-state index >= 15 is 0 Å². The zero-order valence-electron chi connectivity index (χ0n) is 14.4. The molecule has 0 radical (unpaired) electrons. The first-order valence-electron chi connectivity index (χ1n) is 8.29. The van der Waals surface area contributed by atoms with Gasteiger partial charge in [-0.2, -0.15) is 5.26 Å². The normalized spacial score (nSPS) is 11.4. The van der Waals surface area contributed by atoms with E-state index in [1.165, 1.54) is 0 Å². The van der Waals surface area contributed by atoms with E-state index in [0.717, 1.165) is 43.7 Å². The van der Waals surface area contributed by atoms with E-state index in [0.29, 0.717) is 18.7 Å². The van der Waals surface area contributed by atoms with Crippen LogP contribution in [0.1, 0.15) is 65.2 Å². The topological polar surface area (TPSA) is 57.9 Å². The minimum absolute atomic E-state index is 0. The smallest absolute Gasteiger partial charge is 0.101 e. The van der Waals surface area contributed by atoms with Gasteiger partial charge in [-0.05, 0) is 30.9 Å². The first-order valence-corrected chi connectivity index (χ1v) is 8.29. The van der Waals surface area contributed by atoms with Crippen LogP contribution in [0.15, 0.2) is 12.3 Å². The zero-order valence-corrected chi connectivity index (χ0v) is 14.4. The highest BCUT2D eigenvalue weighted by atomic mass is 16.5. The maximum atomic E-state index is 9.44. The number of rotatable bonds is 10. The average molecular weight is 305 g/mol. The fourth-order valence-corrected chi connectivity index (χ4v) is 2.38. The number of hydrogen-bond acceptors (Lipinski definition) is 4. The number of pyridine rings is 1. The lowest BCUT2D eigenvalue weighted by Crippen LogP contribution is -2.24. The van der Waals surface area contributed by atoms with Gasteiger partial charge in [-0.25, -0.2) is 0 Å². The first-order chi connectivity index (χ1) is 10.6. The molecule has 0 bridgehead atoms. The highest BCUT2D eigenvalue weighted by Crippen LogP contribution is 2.31. The summed E-state index contributed by atoms with van der Waals surface area (Å²) in [6.07, 6.45) is 4.90. The Morgan fingerprint density at radius 1 is 1.32 bits per heavy atom. The van der Waals surface area contributed by atoms with Crippen LogP contribution in [0.5, 0.6) is 0 Å². The SMILES string of the molecule is CCCOCCNCc1cnc(C(C)(CC)CC)c(C#N)c1.[HH]. The molecule has 0 aromatic carbocycles. The summed E-state index contributed by atoms with van der Waals surface area (Å²) < 4.78 is 5.43. The summed E-state index contributed by atoms with van der Waals surface area (Å²) in [4.78, 5) is 4.60. The predicted molar refractivity (Wildman–Crippen MR) is 91.8 cm³/mol. The molecular formula is C18H31N3O. The summed E-state index contributed by atoms with van der Waals surface area (Å²) >= 11 is 0. The van der Waals surface area contributed by atoms with Gasteiger partial charge in [-0.1, -0.05) is 27.7 Å². The minimum Gasteiger partial charge on any atom is -0.380 e. The van der Waals surface area contributed by atoms with E-state index in [1.54, 1.807) is 0 Å². The molecule has 4 heteroatoms. The van der Waals surface area contributed by atoms with Crippen LogP contribution in [-0.4, -0.2) is 24.7 Å². The van der Waals surface area contributed by atoms with E-state index < -0.39 is 0 Å². The Hall–Kier alpha value is -1.44. The summed E-state index contributed by atoms with van der Waals surface area (Å²) in [6, 6.07) is 4.28. The molecular weight excluding hydrogens is 274 g/mol. The molecule has 0 saturated heterocycles. The van der Waals surface area contributed by atoms with Crippen LogP contribution in [0.3, 0.4) is 0 Å². The molecule has 0 atom stereocenters. The number of nitrogens with one attached hydrogen (secondary N) is 1. The van der Waals surface area contributed by atoms with E-state index in [1.807, 2.05) is 12.3 Å². The zero-order chi connectivity index (χ0) is 16.4. The summed E-state index contributed by atoms with van der Waals surface area (Å²) in [5, 5.41) is 12.8. The quantitative estimate of drug-likeness (QED) is 0.668. The lowest BCUT2D eigenvalue weighted by molar-refractivity contribution is 0.136. The Bertz CT molecular complexity index is 496. The maximum absolute atomic E-state index is 9.44. The van der Waals surface area contributed by atoms with E-state index in [-0.39, 0.29) is 6.84 Å². The third-order valence-electron chi connectivity index (χ3n) is 4.30. The number of aromatic nitrogens is 1. The molecule has 1 rings (SSSR count). The van der Waals surface area contributed by atoms with Crippen LogP contribution in [0, 0.1) is 11.3 Å². The van der Waals surface area contributed by atoms with Gasteiger partial charge in [0, 0.05) is 32.7 Å². The number of nitriles is 1. The van der Waals surface area contributed by atoms with Crippen LogP contribution in [0.2, 0.25) is 0 Å². The molecule has 0 aliphatic rings. The molecule has 0 unspecified atom stereocenters. The second-order valence-electron chi connectivity index (χ2n) is 5.91.